The minimum Gasteiger partial charge on any atom is -0.357 e. The maximum absolute atomic E-state index is 14.7. The van der Waals surface area contributed by atoms with Crippen molar-refractivity contribution in [1.82, 2.24) is 20.2 Å². The molecule has 2 bridgehead atoms. The normalized spacial score (nSPS) is 26.9. The van der Waals surface area contributed by atoms with E-state index >= 15 is 0 Å². The molecule has 4 atom stereocenters. The first kappa shape index (κ1) is 27.8. The van der Waals surface area contributed by atoms with E-state index in [4.69, 9.17) is 0 Å². The van der Waals surface area contributed by atoms with Crippen molar-refractivity contribution in [2.24, 2.45) is 29.1 Å². The van der Waals surface area contributed by atoms with Gasteiger partial charge in [-0.25, -0.2) is 0 Å². The van der Waals surface area contributed by atoms with E-state index in [-0.39, 0.29) is 11.7 Å². The van der Waals surface area contributed by atoms with Gasteiger partial charge in [-0.1, -0.05) is 36.7 Å². The number of hydrogen-bond donors (Lipinski definition) is 1. The van der Waals surface area contributed by atoms with Crippen LogP contribution in [0.15, 0.2) is 89.7 Å². The first-order valence-corrected chi connectivity index (χ1v) is 15.4. The number of hydrogen-bond acceptors (Lipinski definition) is 5. The van der Waals surface area contributed by atoms with E-state index < -0.39 is 5.54 Å². The summed E-state index contributed by atoms with van der Waals surface area (Å²) in [6.45, 7) is 7.78. The van der Waals surface area contributed by atoms with Crippen molar-refractivity contribution in [3.63, 3.8) is 0 Å². The number of amides is 1. The molecule has 0 spiro atoms. The van der Waals surface area contributed by atoms with Gasteiger partial charge < -0.3 is 5.32 Å². The Labute approximate surface area is 250 Å². The lowest BCUT2D eigenvalue weighted by Gasteiger charge is -2.62. The smallest absolute Gasteiger partial charge is 0.254 e. The second-order valence-electron chi connectivity index (χ2n) is 12.8. The fraction of sp³-hybridized carbons (Fsp3) is 0.412. The molecule has 6 nitrogen and oxygen atoms in total. The summed E-state index contributed by atoms with van der Waals surface area (Å²) in [7, 11) is 0. The van der Waals surface area contributed by atoms with Crippen molar-refractivity contribution >= 4 is 27.6 Å². The zero-order valence-corrected chi connectivity index (χ0v) is 25.5. The number of halogens is 1. The molecule has 4 aliphatic rings. The average Bonchev–Trinajstić information content (AvgIpc) is 3.20. The largest absolute Gasteiger partial charge is 0.357 e. The Bertz CT molecular complexity index is 1410. The number of rotatable bonds is 8. The van der Waals surface area contributed by atoms with Gasteiger partial charge in [0.1, 0.15) is 11.4 Å². The number of fused-ring (bicyclic) bond motifs is 2. The predicted molar refractivity (Wildman–Crippen MR) is 163 cm³/mol. The third-order valence-electron chi connectivity index (χ3n) is 10.1. The Morgan fingerprint density at radius 1 is 0.976 bits per heavy atom. The molecule has 7 heteroatoms. The van der Waals surface area contributed by atoms with E-state index in [0.717, 1.165) is 22.0 Å². The fourth-order valence-electron chi connectivity index (χ4n) is 7.58. The first-order valence-electron chi connectivity index (χ1n) is 14.6. The Hall–Kier alpha value is -3.32. The summed E-state index contributed by atoms with van der Waals surface area (Å²) < 4.78 is 0.916. The second kappa shape index (κ2) is 10.8. The Balaban J connectivity index is 1.38. The van der Waals surface area contributed by atoms with Crippen molar-refractivity contribution in [2.45, 2.75) is 52.0 Å². The Morgan fingerprint density at radius 2 is 1.56 bits per heavy atom. The van der Waals surface area contributed by atoms with E-state index in [1.54, 1.807) is 30.9 Å². The summed E-state index contributed by atoms with van der Waals surface area (Å²) in [6, 6.07) is 15.2. The molecular weight excluding hydrogens is 576 g/mol. The van der Waals surface area contributed by atoms with Gasteiger partial charge in [-0.2, -0.15) is 0 Å². The van der Waals surface area contributed by atoms with Gasteiger partial charge in [-0.3, -0.25) is 24.5 Å². The van der Waals surface area contributed by atoms with Gasteiger partial charge in [0.05, 0.1) is 0 Å². The number of allylic oxidation sites excluding steroid dienone is 1. The molecule has 7 rings (SSSR count). The van der Waals surface area contributed by atoms with Crippen LogP contribution in [-0.2, 0) is 17.6 Å². The van der Waals surface area contributed by atoms with Crippen LogP contribution in [0.5, 0.6) is 0 Å². The minimum atomic E-state index is -0.936. The molecule has 3 aromatic rings. The van der Waals surface area contributed by atoms with Gasteiger partial charge in [0.2, 0.25) is 0 Å². The van der Waals surface area contributed by atoms with Crippen molar-refractivity contribution < 1.29 is 9.59 Å². The zero-order valence-electron chi connectivity index (χ0n) is 23.9. The molecule has 4 unspecified atom stereocenters. The monoisotopic (exact) mass is 612 g/mol. The zero-order chi connectivity index (χ0) is 28.8. The predicted octanol–water partition coefficient (Wildman–Crippen LogP) is 6.24. The number of pyridine rings is 2. The van der Waals surface area contributed by atoms with E-state index in [9.17, 15) is 9.59 Å². The van der Waals surface area contributed by atoms with Crippen LogP contribution in [0.4, 0.5) is 0 Å². The van der Waals surface area contributed by atoms with Crippen LogP contribution >= 0.6 is 15.9 Å². The Morgan fingerprint density at radius 3 is 2.10 bits per heavy atom. The Kier molecular flexibility index (Phi) is 7.35. The average molecular weight is 614 g/mol. The lowest BCUT2D eigenvalue weighted by atomic mass is 9.43. The second-order valence-corrected chi connectivity index (χ2v) is 13.7. The molecule has 41 heavy (non-hydrogen) atoms. The number of aromatic nitrogens is 2. The van der Waals surface area contributed by atoms with Gasteiger partial charge in [-0.15, -0.1) is 0 Å². The van der Waals surface area contributed by atoms with E-state index in [2.05, 4.69) is 52.0 Å². The first-order chi connectivity index (χ1) is 19.7. The summed E-state index contributed by atoms with van der Waals surface area (Å²) in [5, 5.41) is 3.62. The highest BCUT2D eigenvalue weighted by molar-refractivity contribution is 9.10. The molecule has 3 heterocycles. The van der Waals surface area contributed by atoms with Gasteiger partial charge in [0.25, 0.3) is 5.91 Å². The van der Waals surface area contributed by atoms with Crippen LogP contribution < -0.4 is 5.32 Å². The molecule has 3 aliphatic carbocycles. The molecule has 1 amide bonds. The van der Waals surface area contributed by atoms with Gasteiger partial charge in [-0.05, 0) is 102 Å². The number of benzene rings is 1. The molecule has 4 fully saturated rings. The summed E-state index contributed by atoms with van der Waals surface area (Å²) in [6.07, 6.45) is 12.0. The van der Waals surface area contributed by atoms with Crippen LogP contribution in [0.25, 0.3) is 0 Å². The maximum atomic E-state index is 14.7. The highest BCUT2D eigenvalue weighted by atomic mass is 79.9. The van der Waals surface area contributed by atoms with E-state index in [1.807, 2.05) is 53.4 Å². The standard InChI is InChI=1S/C34H37BrN4O2/c1-22-26(16-27-17-29(22)33(27,2)3)21-39-31(18-30(40)25-4-6-28(35)7-5-25)38-34(32(39)41,19-23-8-12-36-13-9-23)20-24-10-14-37-15-11-24/h4-15,18,22,26-27,29,38H,16-17,19-21H2,1-3H3/b31-18+. The number of ketones is 1. The quantitative estimate of drug-likeness (QED) is 0.241. The lowest BCUT2D eigenvalue weighted by Crippen LogP contribution is -2.57. The summed E-state index contributed by atoms with van der Waals surface area (Å²) in [5.41, 5.74) is 2.05. The number of nitrogens with one attached hydrogen (secondary N) is 1. The minimum absolute atomic E-state index is 0.0201. The van der Waals surface area contributed by atoms with Crippen molar-refractivity contribution in [3.05, 3.63) is 106 Å². The highest BCUT2D eigenvalue weighted by Gasteiger charge is 2.57. The van der Waals surface area contributed by atoms with Crippen LogP contribution in [0.1, 0.15) is 55.1 Å². The molecule has 0 radical (unpaired) electrons. The molecule has 1 N–H and O–H groups in total. The number of carbonyl (C=O) groups excluding carboxylic acids is 2. The fourth-order valence-corrected chi connectivity index (χ4v) is 7.85. The van der Waals surface area contributed by atoms with Crippen molar-refractivity contribution in [2.75, 3.05) is 6.54 Å². The number of carbonyl (C=O) groups is 2. The molecule has 1 aromatic carbocycles. The summed E-state index contributed by atoms with van der Waals surface area (Å²) in [5.74, 6) is 2.76. The summed E-state index contributed by atoms with van der Waals surface area (Å²) >= 11 is 3.45. The van der Waals surface area contributed by atoms with Crippen LogP contribution in [0.3, 0.4) is 0 Å². The number of nitrogens with zero attached hydrogens (tertiary/aromatic N) is 3. The van der Waals surface area contributed by atoms with Crippen molar-refractivity contribution in [1.29, 1.82) is 0 Å². The van der Waals surface area contributed by atoms with Crippen LogP contribution in [0.2, 0.25) is 0 Å². The summed E-state index contributed by atoms with van der Waals surface area (Å²) in [4.78, 5) is 38.4. The molecule has 1 saturated heterocycles. The molecular formula is C34H37BrN4O2. The van der Waals surface area contributed by atoms with E-state index in [1.165, 1.54) is 6.42 Å². The van der Waals surface area contributed by atoms with E-state index in [0.29, 0.717) is 59.9 Å². The van der Waals surface area contributed by atoms with Crippen LogP contribution in [0, 0.1) is 29.1 Å². The maximum Gasteiger partial charge on any atom is 0.254 e. The van der Waals surface area contributed by atoms with Gasteiger partial charge >= 0.3 is 0 Å². The lowest BCUT2D eigenvalue weighted by molar-refractivity contribution is -0.142. The molecule has 3 saturated carbocycles. The third-order valence-corrected chi connectivity index (χ3v) is 10.7. The van der Waals surface area contributed by atoms with Gasteiger partial charge in [0.15, 0.2) is 5.78 Å². The molecule has 2 aromatic heterocycles. The van der Waals surface area contributed by atoms with Crippen molar-refractivity contribution in [3.8, 4) is 0 Å². The topological polar surface area (TPSA) is 75.2 Å². The SMILES string of the molecule is CC1C(CN2C(=O)C(Cc3ccncc3)(Cc3ccncc3)N/C2=C\C(=O)c2ccc(Br)cc2)CC2CC1C2(C)C. The van der Waals surface area contributed by atoms with Gasteiger partial charge in [0, 0.05) is 60.3 Å². The van der Waals surface area contributed by atoms with Crippen LogP contribution in [-0.4, -0.2) is 38.6 Å². The molecule has 1 aliphatic heterocycles. The third kappa shape index (κ3) is 5.25. The molecule has 212 valence electrons. The highest BCUT2D eigenvalue weighted by Crippen LogP contribution is 2.63.